The number of hydrogen-bond acceptors (Lipinski definition) is 9. The number of nitrogens with zero attached hydrogens (tertiary/aromatic N) is 9. The Labute approximate surface area is 394 Å². The van der Waals surface area contributed by atoms with E-state index in [2.05, 4.69) is 82.8 Å². The summed E-state index contributed by atoms with van der Waals surface area (Å²) in [7, 11) is 0. The fraction of sp³-hybridized carbons (Fsp3) is 0.0339. The third kappa shape index (κ3) is 8.67. The lowest BCUT2D eigenvalue weighted by molar-refractivity contribution is 1.02. The molecule has 4 heterocycles. The van der Waals surface area contributed by atoms with E-state index in [1.54, 1.807) is 6.20 Å². The second-order valence-corrected chi connectivity index (χ2v) is 16.3. The normalized spacial score (nSPS) is 11.1. The Morgan fingerprint density at radius 3 is 1.25 bits per heavy atom. The Kier molecular flexibility index (Phi) is 11.2. The van der Waals surface area contributed by atoms with E-state index in [0.29, 0.717) is 40.8 Å². The van der Waals surface area contributed by atoms with Crippen molar-refractivity contribution in [2.45, 2.75) is 13.8 Å². The van der Waals surface area contributed by atoms with Crippen LogP contribution in [0.15, 0.2) is 212 Å². The van der Waals surface area contributed by atoms with Crippen LogP contribution in [0.3, 0.4) is 0 Å². The van der Waals surface area contributed by atoms with Crippen LogP contribution < -0.4 is 0 Å². The molecular formula is C59H41N9. The first-order chi connectivity index (χ1) is 33.5. The lowest BCUT2D eigenvalue weighted by Crippen LogP contribution is -2.02. The molecule has 0 radical (unpaired) electrons. The molecule has 68 heavy (non-hydrogen) atoms. The highest BCUT2D eigenvalue weighted by atomic mass is 15.0. The first kappa shape index (κ1) is 41.5. The highest BCUT2D eigenvalue weighted by molar-refractivity contribution is 5.93. The van der Waals surface area contributed by atoms with E-state index in [4.69, 9.17) is 34.9 Å². The van der Waals surface area contributed by atoms with Crippen molar-refractivity contribution in [2.75, 3.05) is 0 Å². The number of aryl methyl sites for hydroxylation is 2. The van der Waals surface area contributed by atoms with Gasteiger partial charge in [-0.2, -0.15) is 0 Å². The molecule has 0 atom stereocenters. The van der Waals surface area contributed by atoms with Crippen LogP contribution in [0.4, 0.5) is 0 Å². The van der Waals surface area contributed by atoms with Crippen LogP contribution in [-0.2, 0) is 0 Å². The van der Waals surface area contributed by atoms with Crippen molar-refractivity contribution in [2.24, 2.45) is 0 Å². The first-order valence-electron chi connectivity index (χ1n) is 22.4. The summed E-state index contributed by atoms with van der Waals surface area (Å²) in [6.07, 6.45) is 1.80. The summed E-state index contributed by atoms with van der Waals surface area (Å²) in [5.74, 6) is 4.15. The minimum Gasteiger partial charge on any atom is -0.256 e. The van der Waals surface area contributed by atoms with E-state index in [1.807, 2.05) is 147 Å². The maximum atomic E-state index is 5.25. The molecule has 11 rings (SSSR count). The molecule has 0 saturated carbocycles. The number of hydrogen-bond donors (Lipinski definition) is 0. The monoisotopic (exact) mass is 875 g/mol. The summed E-state index contributed by atoms with van der Waals surface area (Å²) in [5, 5.41) is 0. The molecule has 0 N–H and O–H groups in total. The lowest BCUT2D eigenvalue weighted by atomic mass is 9.89. The van der Waals surface area contributed by atoms with Crippen LogP contribution in [0.2, 0.25) is 0 Å². The third-order valence-corrected chi connectivity index (χ3v) is 11.6. The zero-order valence-electron chi connectivity index (χ0n) is 37.2. The number of rotatable bonds is 10. The van der Waals surface area contributed by atoms with Crippen LogP contribution in [0, 0.1) is 13.8 Å². The third-order valence-electron chi connectivity index (χ3n) is 11.6. The molecule has 0 aliphatic carbocycles. The summed E-state index contributed by atoms with van der Waals surface area (Å²) in [6.45, 7) is 3.92. The van der Waals surface area contributed by atoms with Crippen molar-refractivity contribution < 1.29 is 0 Å². The Balaban J connectivity index is 1.09. The smallest absolute Gasteiger partial charge is 0.164 e. The molecule has 0 spiro atoms. The van der Waals surface area contributed by atoms with Gasteiger partial charge >= 0.3 is 0 Å². The van der Waals surface area contributed by atoms with Gasteiger partial charge in [0.25, 0.3) is 0 Å². The summed E-state index contributed by atoms with van der Waals surface area (Å²) in [5.41, 5.74) is 13.7. The van der Waals surface area contributed by atoms with Gasteiger partial charge in [0.1, 0.15) is 5.82 Å². The van der Waals surface area contributed by atoms with E-state index in [1.165, 1.54) is 0 Å². The van der Waals surface area contributed by atoms with Crippen molar-refractivity contribution in [3.05, 3.63) is 224 Å². The zero-order valence-corrected chi connectivity index (χ0v) is 37.2. The highest BCUT2D eigenvalue weighted by Gasteiger charge is 2.20. The Morgan fingerprint density at radius 2 is 0.691 bits per heavy atom. The van der Waals surface area contributed by atoms with Gasteiger partial charge < -0.3 is 0 Å². The van der Waals surface area contributed by atoms with Crippen LogP contribution in [0.1, 0.15) is 11.5 Å². The minimum absolute atomic E-state index is 0.547. The molecule has 0 fully saturated rings. The molecule has 7 aromatic carbocycles. The molecule has 9 nitrogen and oxygen atoms in total. The van der Waals surface area contributed by atoms with Gasteiger partial charge in [-0.05, 0) is 72.5 Å². The van der Waals surface area contributed by atoms with Gasteiger partial charge in [0.2, 0.25) is 0 Å². The topological polar surface area (TPSA) is 116 Å². The molecule has 0 amide bonds. The van der Waals surface area contributed by atoms with E-state index in [9.17, 15) is 0 Å². The minimum atomic E-state index is 0.547. The average Bonchev–Trinajstić information content (AvgIpc) is 3.41. The second-order valence-electron chi connectivity index (χ2n) is 16.3. The quantitative estimate of drug-likeness (QED) is 0.132. The molecule has 322 valence electrons. The molecule has 0 unspecified atom stereocenters. The zero-order chi connectivity index (χ0) is 45.8. The number of pyridine rings is 1. The fourth-order valence-corrected chi connectivity index (χ4v) is 8.41. The Bertz CT molecular complexity index is 3510. The molecule has 0 bridgehead atoms. The van der Waals surface area contributed by atoms with E-state index >= 15 is 0 Å². The number of aromatic nitrogens is 9. The van der Waals surface area contributed by atoms with Crippen LogP contribution >= 0.6 is 0 Å². The van der Waals surface area contributed by atoms with Crippen molar-refractivity contribution in [3.63, 3.8) is 0 Å². The number of benzene rings is 7. The highest BCUT2D eigenvalue weighted by Crippen LogP contribution is 2.41. The maximum Gasteiger partial charge on any atom is 0.164 e. The van der Waals surface area contributed by atoms with Crippen LogP contribution in [0.25, 0.3) is 113 Å². The molecular weight excluding hydrogens is 835 g/mol. The van der Waals surface area contributed by atoms with Gasteiger partial charge in [0.15, 0.2) is 34.9 Å². The molecule has 11 aromatic rings. The van der Waals surface area contributed by atoms with Gasteiger partial charge in [-0.1, -0.05) is 170 Å². The molecule has 0 saturated heterocycles. The first-order valence-corrected chi connectivity index (χ1v) is 22.4. The van der Waals surface area contributed by atoms with Gasteiger partial charge in [0.05, 0.1) is 11.4 Å². The summed E-state index contributed by atoms with van der Waals surface area (Å²) < 4.78 is 0. The van der Waals surface area contributed by atoms with Crippen LogP contribution in [0.5, 0.6) is 0 Å². The Morgan fingerprint density at radius 1 is 0.250 bits per heavy atom. The summed E-state index contributed by atoms with van der Waals surface area (Å²) in [4.78, 5) is 44.7. The SMILES string of the molecule is Cc1cc(-c2ccc(-c3ccccc3-c3nc(-c4ccccc4)nc(-c4cccc(-c5ccccn5)c4)n3)c(-c3cccc(-c4nc(-c5ccccc5)nc(-c5ccccc5)n4)c3)c2)nc(C)n1. The predicted octanol–water partition coefficient (Wildman–Crippen LogP) is 13.5. The largest absolute Gasteiger partial charge is 0.256 e. The fourth-order valence-electron chi connectivity index (χ4n) is 8.41. The van der Waals surface area contributed by atoms with E-state index < -0.39 is 0 Å². The summed E-state index contributed by atoms with van der Waals surface area (Å²) >= 11 is 0. The van der Waals surface area contributed by atoms with Crippen molar-refractivity contribution in [1.82, 2.24) is 44.9 Å². The van der Waals surface area contributed by atoms with Crippen LogP contribution in [-0.4, -0.2) is 44.9 Å². The molecule has 9 heteroatoms. The lowest BCUT2D eigenvalue weighted by Gasteiger charge is -2.17. The van der Waals surface area contributed by atoms with E-state index in [-0.39, 0.29) is 0 Å². The van der Waals surface area contributed by atoms with Gasteiger partial charge in [0, 0.05) is 56.4 Å². The average molecular weight is 876 g/mol. The maximum absolute atomic E-state index is 5.25. The second kappa shape index (κ2) is 18.3. The standard InChI is InChI=1S/C59H41N9/c1-38-34-53(62-39(2)61-38)45-31-32-49(51(37-45)43-24-16-26-46(35-43)57-64-54(40-18-6-3-7-19-40)63-55(65-57)41-20-8-4-9-21-41)48-28-12-13-29-50(48)59-67-56(42-22-10-5-11-23-42)66-58(68-59)47-27-17-25-44(36-47)52-30-14-15-33-60-52/h3-37H,1-2H3. The van der Waals surface area contributed by atoms with Gasteiger partial charge in [-0.25, -0.2) is 39.9 Å². The van der Waals surface area contributed by atoms with Crippen molar-refractivity contribution in [3.8, 4) is 113 Å². The van der Waals surface area contributed by atoms with Crippen molar-refractivity contribution >= 4 is 0 Å². The molecule has 4 aromatic heterocycles. The van der Waals surface area contributed by atoms with E-state index in [0.717, 1.165) is 83.8 Å². The van der Waals surface area contributed by atoms with Gasteiger partial charge in [-0.15, -0.1) is 0 Å². The molecule has 0 aliphatic heterocycles. The predicted molar refractivity (Wildman–Crippen MR) is 270 cm³/mol. The van der Waals surface area contributed by atoms with Gasteiger partial charge in [-0.3, -0.25) is 4.98 Å². The summed E-state index contributed by atoms with van der Waals surface area (Å²) in [6, 6.07) is 69.4. The van der Waals surface area contributed by atoms with Crippen molar-refractivity contribution in [1.29, 1.82) is 0 Å². The Hall–Kier alpha value is -9.21. The molecule has 0 aliphatic rings.